The Morgan fingerprint density at radius 2 is 1.85 bits per heavy atom. The molecule has 138 valence electrons. The van der Waals surface area contributed by atoms with E-state index >= 15 is 0 Å². The van der Waals surface area contributed by atoms with Gasteiger partial charge in [0.05, 0.1) is 11.3 Å². The number of thioether (sulfide) groups is 1. The minimum absolute atomic E-state index is 0.0181. The van der Waals surface area contributed by atoms with Crippen LogP contribution in [0.3, 0.4) is 0 Å². The predicted molar refractivity (Wildman–Crippen MR) is 95.8 cm³/mol. The van der Waals surface area contributed by atoms with Crippen LogP contribution in [0, 0.1) is 0 Å². The van der Waals surface area contributed by atoms with E-state index in [1.54, 1.807) is 17.5 Å². The number of ketones is 1. The Hall–Kier alpha value is -2.26. The minimum atomic E-state index is -2.51. The van der Waals surface area contributed by atoms with Crippen LogP contribution in [0.4, 0.5) is 14.5 Å². The molecule has 2 rings (SSSR count). The molecule has 1 aromatic heterocycles. The molecular weight excluding hydrogens is 384 g/mol. The number of thiophene rings is 1. The molecule has 0 atom stereocenters. The lowest BCUT2D eigenvalue weighted by Gasteiger charge is -2.07. The molecule has 26 heavy (non-hydrogen) atoms. The molecule has 0 radical (unpaired) electrons. The van der Waals surface area contributed by atoms with E-state index < -0.39 is 24.2 Å². The third-order valence-electron chi connectivity index (χ3n) is 3.08. The van der Waals surface area contributed by atoms with E-state index in [0.717, 1.165) is 0 Å². The van der Waals surface area contributed by atoms with Gasteiger partial charge in [0.1, 0.15) is 0 Å². The van der Waals surface area contributed by atoms with Gasteiger partial charge in [-0.2, -0.15) is 8.78 Å². The van der Waals surface area contributed by atoms with Crippen LogP contribution in [-0.4, -0.2) is 30.0 Å². The normalized spacial score (nSPS) is 10.6. The highest BCUT2D eigenvalue weighted by atomic mass is 32.2. The number of nitrogens with one attached hydrogen (secondary N) is 1. The van der Waals surface area contributed by atoms with Gasteiger partial charge in [-0.3, -0.25) is 14.4 Å². The van der Waals surface area contributed by atoms with E-state index in [1.807, 2.05) is 0 Å². The maximum absolute atomic E-state index is 12.2. The van der Waals surface area contributed by atoms with Gasteiger partial charge in [-0.1, -0.05) is 17.8 Å². The third-order valence-corrected chi connectivity index (χ3v) is 4.71. The van der Waals surface area contributed by atoms with Crippen molar-refractivity contribution in [3.63, 3.8) is 0 Å². The van der Waals surface area contributed by atoms with Gasteiger partial charge < -0.3 is 10.1 Å². The number of carbonyl (C=O) groups is 3. The zero-order valence-electron chi connectivity index (χ0n) is 13.4. The first-order valence-corrected chi connectivity index (χ1v) is 9.27. The van der Waals surface area contributed by atoms with E-state index in [2.05, 4.69) is 5.32 Å². The molecule has 1 aromatic carbocycles. The molecule has 0 aliphatic carbocycles. The average Bonchev–Trinajstić information content (AvgIpc) is 3.14. The van der Waals surface area contributed by atoms with Gasteiger partial charge in [-0.15, -0.1) is 11.3 Å². The first-order chi connectivity index (χ1) is 12.4. The standard InChI is InChI=1S/C17H15F2NO4S2/c18-17(19)26-12-5-3-11(4-6-12)20-15(22)10-24-16(23)8-7-13(21)14-2-1-9-25-14/h1-6,9,17H,7-8,10H2,(H,20,22). The van der Waals surface area contributed by atoms with Crippen LogP contribution in [0.15, 0.2) is 46.7 Å². The maximum atomic E-state index is 12.2. The molecule has 0 saturated heterocycles. The molecule has 1 heterocycles. The van der Waals surface area contributed by atoms with Crippen LogP contribution in [0.1, 0.15) is 22.5 Å². The Kier molecular flexibility index (Phi) is 7.73. The summed E-state index contributed by atoms with van der Waals surface area (Å²) in [5.41, 5.74) is 0.400. The second-order valence-electron chi connectivity index (χ2n) is 5.01. The number of amides is 1. The van der Waals surface area contributed by atoms with E-state index in [0.29, 0.717) is 27.2 Å². The Morgan fingerprint density at radius 3 is 2.46 bits per heavy atom. The average molecular weight is 399 g/mol. The number of ether oxygens (including phenoxy) is 1. The summed E-state index contributed by atoms with van der Waals surface area (Å²) in [6.45, 7) is -0.487. The largest absolute Gasteiger partial charge is 0.456 e. The van der Waals surface area contributed by atoms with Crippen molar-refractivity contribution < 1.29 is 27.9 Å². The smallest absolute Gasteiger partial charge is 0.306 e. The fourth-order valence-electron chi connectivity index (χ4n) is 1.91. The highest BCUT2D eigenvalue weighted by Crippen LogP contribution is 2.26. The number of benzene rings is 1. The summed E-state index contributed by atoms with van der Waals surface area (Å²) in [5.74, 6) is -3.87. The second kappa shape index (κ2) is 10.0. The Labute approximate surface area is 156 Å². The highest BCUT2D eigenvalue weighted by Gasteiger charge is 2.13. The van der Waals surface area contributed by atoms with Gasteiger partial charge in [0.25, 0.3) is 11.7 Å². The van der Waals surface area contributed by atoms with Crippen molar-refractivity contribution in [1.82, 2.24) is 0 Å². The number of rotatable bonds is 9. The van der Waals surface area contributed by atoms with Gasteiger partial charge in [-0.25, -0.2) is 0 Å². The Balaban J connectivity index is 1.69. The van der Waals surface area contributed by atoms with E-state index in [1.165, 1.54) is 35.6 Å². The fourth-order valence-corrected chi connectivity index (χ4v) is 3.10. The van der Waals surface area contributed by atoms with Gasteiger partial charge in [0, 0.05) is 17.0 Å². The monoisotopic (exact) mass is 399 g/mol. The molecule has 0 aliphatic rings. The Bertz CT molecular complexity index is 749. The number of anilines is 1. The van der Waals surface area contributed by atoms with Gasteiger partial charge >= 0.3 is 5.97 Å². The first kappa shape index (κ1) is 20.1. The number of hydrogen-bond donors (Lipinski definition) is 1. The number of hydrogen-bond acceptors (Lipinski definition) is 6. The molecule has 0 spiro atoms. The SMILES string of the molecule is O=C(COC(=O)CCC(=O)c1cccs1)Nc1ccc(SC(F)F)cc1. The molecule has 0 bridgehead atoms. The zero-order chi connectivity index (χ0) is 18.9. The van der Waals surface area contributed by atoms with Crippen LogP contribution in [0.25, 0.3) is 0 Å². The molecule has 0 aliphatic heterocycles. The van der Waals surface area contributed by atoms with Crippen molar-refractivity contribution >= 4 is 46.4 Å². The van der Waals surface area contributed by atoms with Gasteiger partial charge in [0.15, 0.2) is 12.4 Å². The molecular formula is C17H15F2NO4S2. The van der Waals surface area contributed by atoms with E-state index in [-0.39, 0.29) is 18.6 Å². The third kappa shape index (κ3) is 6.93. The lowest BCUT2D eigenvalue weighted by molar-refractivity contribution is -0.147. The second-order valence-corrected chi connectivity index (χ2v) is 7.02. The number of Topliss-reactive ketones (excluding diaryl/α,β-unsaturated/α-hetero) is 1. The Morgan fingerprint density at radius 1 is 1.12 bits per heavy atom. The number of alkyl halides is 2. The quantitative estimate of drug-likeness (QED) is 0.389. The molecule has 0 unspecified atom stereocenters. The molecule has 2 aromatic rings. The summed E-state index contributed by atoms with van der Waals surface area (Å²) in [6, 6.07) is 9.29. The van der Waals surface area contributed by atoms with Gasteiger partial charge in [0.2, 0.25) is 0 Å². The molecule has 0 saturated carbocycles. The van der Waals surface area contributed by atoms with Crippen LogP contribution in [0.5, 0.6) is 0 Å². The van der Waals surface area contributed by atoms with Crippen molar-refractivity contribution in [2.75, 3.05) is 11.9 Å². The van der Waals surface area contributed by atoms with Gasteiger partial charge in [-0.05, 0) is 35.7 Å². The minimum Gasteiger partial charge on any atom is -0.456 e. The van der Waals surface area contributed by atoms with Crippen molar-refractivity contribution in [3.8, 4) is 0 Å². The zero-order valence-corrected chi connectivity index (χ0v) is 15.1. The molecule has 5 nitrogen and oxygen atoms in total. The fraction of sp³-hybridized carbons (Fsp3) is 0.235. The van der Waals surface area contributed by atoms with Crippen molar-refractivity contribution in [3.05, 3.63) is 46.7 Å². The van der Waals surface area contributed by atoms with Crippen molar-refractivity contribution in [2.45, 2.75) is 23.5 Å². The number of carbonyl (C=O) groups excluding carboxylic acids is 3. The maximum Gasteiger partial charge on any atom is 0.306 e. The lowest BCUT2D eigenvalue weighted by Crippen LogP contribution is -2.21. The van der Waals surface area contributed by atoms with Crippen molar-refractivity contribution in [1.29, 1.82) is 0 Å². The van der Waals surface area contributed by atoms with E-state index in [4.69, 9.17) is 4.74 Å². The van der Waals surface area contributed by atoms with Crippen molar-refractivity contribution in [2.24, 2.45) is 0 Å². The molecule has 0 fully saturated rings. The molecule has 1 amide bonds. The lowest BCUT2D eigenvalue weighted by atomic mass is 10.2. The summed E-state index contributed by atoms with van der Waals surface area (Å²) >= 11 is 1.70. The topological polar surface area (TPSA) is 72.5 Å². The van der Waals surface area contributed by atoms with Crippen LogP contribution in [-0.2, 0) is 14.3 Å². The number of halogens is 2. The first-order valence-electron chi connectivity index (χ1n) is 7.51. The van der Waals surface area contributed by atoms with Crippen LogP contribution >= 0.6 is 23.1 Å². The van der Waals surface area contributed by atoms with E-state index in [9.17, 15) is 23.2 Å². The number of esters is 1. The molecule has 1 N–H and O–H groups in total. The summed E-state index contributed by atoms with van der Waals surface area (Å²) in [7, 11) is 0. The summed E-state index contributed by atoms with van der Waals surface area (Å²) in [5, 5.41) is 4.26. The summed E-state index contributed by atoms with van der Waals surface area (Å²) < 4.78 is 29.3. The van der Waals surface area contributed by atoms with Crippen LogP contribution in [0.2, 0.25) is 0 Å². The highest BCUT2D eigenvalue weighted by molar-refractivity contribution is 7.99. The summed E-state index contributed by atoms with van der Waals surface area (Å²) in [6.07, 6.45) is -0.0895. The summed E-state index contributed by atoms with van der Waals surface area (Å²) in [4.78, 5) is 36.0. The molecule has 9 heteroatoms. The predicted octanol–water partition coefficient (Wildman–Crippen LogP) is 4.21. The van der Waals surface area contributed by atoms with Crippen LogP contribution < -0.4 is 5.32 Å².